The molecule has 1 atom stereocenters. The molecular weight excluding hydrogens is 348 g/mol. The van der Waals surface area contributed by atoms with Gasteiger partial charge >= 0.3 is 0 Å². The van der Waals surface area contributed by atoms with Crippen LogP contribution in [0.3, 0.4) is 0 Å². The molecule has 1 aliphatic heterocycles. The summed E-state index contributed by atoms with van der Waals surface area (Å²) in [4.78, 5) is 14.8. The Kier molecular flexibility index (Phi) is 4.67. The molecule has 0 radical (unpaired) electrons. The van der Waals surface area contributed by atoms with Gasteiger partial charge in [-0.15, -0.1) is 11.8 Å². The van der Waals surface area contributed by atoms with E-state index in [1.165, 1.54) is 0 Å². The number of rotatable bonds is 4. The number of methoxy groups -OCH3 is 1. The van der Waals surface area contributed by atoms with Crippen LogP contribution >= 0.6 is 11.8 Å². The van der Waals surface area contributed by atoms with E-state index >= 15 is 0 Å². The van der Waals surface area contributed by atoms with Crippen molar-refractivity contribution in [1.82, 2.24) is 10.1 Å². The SMILES string of the molecule is COc1cccc(C2SCCN2C(=O)c2cc(-c3ccccc3)on2)c1. The highest BCUT2D eigenvalue weighted by atomic mass is 32.2. The van der Waals surface area contributed by atoms with Crippen LogP contribution in [-0.4, -0.2) is 35.4 Å². The van der Waals surface area contributed by atoms with E-state index < -0.39 is 0 Å². The first-order valence-corrected chi connectivity index (χ1v) is 9.40. The van der Waals surface area contributed by atoms with Crippen LogP contribution in [0.25, 0.3) is 11.3 Å². The van der Waals surface area contributed by atoms with Gasteiger partial charge in [0.1, 0.15) is 11.1 Å². The van der Waals surface area contributed by atoms with Crippen LogP contribution in [-0.2, 0) is 0 Å². The third-order valence-electron chi connectivity index (χ3n) is 4.32. The van der Waals surface area contributed by atoms with E-state index in [0.717, 1.165) is 22.6 Å². The molecule has 1 aliphatic rings. The van der Waals surface area contributed by atoms with E-state index in [0.29, 0.717) is 18.0 Å². The van der Waals surface area contributed by atoms with Crippen LogP contribution in [0.4, 0.5) is 0 Å². The van der Waals surface area contributed by atoms with Crippen molar-refractivity contribution in [2.24, 2.45) is 0 Å². The minimum Gasteiger partial charge on any atom is -0.497 e. The molecule has 1 unspecified atom stereocenters. The Bertz CT molecular complexity index is 910. The van der Waals surface area contributed by atoms with Gasteiger partial charge in [0.2, 0.25) is 0 Å². The first kappa shape index (κ1) is 16.7. The zero-order valence-electron chi connectivity index (χ0n) is 14.3. The van der Waals surface area contributed by atoms with Crippen molar-refractivity contribution in [3.63, 3.8) is 0 Å². The molecule has 0 N–H and O–H groups in total. The summed E-state index contributed by atoms with van der Waals surface area (Å²) in [5, 5.41) is 3.95. The molecule has 132 valence electrons. The van der Waals surface area contributed by atoms with Crippen LogP contribution < -0.4 is 4.74 Å². The van der Waals surface area contributed by atoms with Gasteiger partial charge in [-0.1, -0.05) is 47.6 Å². The van der Waals surface area contributed by atoms with E-state index in [2.05, 4.69) is 5.16 Å². The van der Waals surface area contributed by atoms with Crippen molar-refractivity contribution in [2.45, 2.75) is 5.37 Å². The van der Waals surface area contributed by atoms with Crippen molar-refractivity contribution in [3.05, 3.63) is 71.9 Å². The highest BCUT2D eigenvalue weighted by Crippen LogP contribution is 2.39. The fraction of sp³-hybridized carbons (Fsp3) is 0.200. The Balaban J connectivity index is 1.58. The van der Waals surface area contributed by atoms with Gasteiger partial charge in [-0.05, 0) is 17.7 Å². The zero-order valence-corrected chi connectivity index (χ0v) is 15.1. The van der Waals surface area contributed by atoms with Crippen LogP contribution in [0.1, 0.15) is 21.4 Å². The number of amides is 1. The number of nitrogens with zero attached hydrogens (tertiary/aromatic N) is 2. The van der Waals surface area contributed by atoms with Crippen molar-refractivity contribution in [2.75, 3.05) is 19.4 Å². The second kappa shape index (κ2) is 7.25. The number of carbonyl (C=O) groups excluding carboxylic acids is 1. The number of thioether (sulfide) groups is 1. The summed E-state index contributed by atoms with van der Waals surface area (Å²) in [6.45, 7) is 0.679. The second-order valence-corrected chi connectivity index (χ2v) is 7.13. The Labute approximate surface area is 155 Å². The van der Waals surface area contributed by atoms with Crippen LogP contribution in [0.15, 0.2) is 65.2 Å². The van der Waals surface area contributed by atoms with Gasteiger partial charge in [0.15, 0.2) is 11.5 Å². The number of hydrogen-bond donors (Lipinski definition) is 0. The molecule has 6 heteroatoms. The van der Waals surface area contributed by atoms with E-state index in [1.807, 2.05) is 59.5 Å². The third kappa shape index (κ3) is 3.20. The maximum Gasteiger partial charge on any atom is 0.277 e. The largest absolute Gasteiger partial charge is 0.497 e. The van der Waals surface area contributed by atoms with Crippen molar-refractivity contribution < 1.29 is 14.1 Å². The standard InChI is InChI=1S/C20H18N2O3S/c1-24-16-9-5-8-15(12-16)20-22(10-11-26-20)19(23)17-13-18(25-21-17)14-6-3-2-4-7-14/h2-9,12-13,20H,10-11H2,1H3. The van der Waals surface area contributed by atoms with Gasteiger partial charge in [0.25, 0.3) is 5.91 Å². The molecule has 2 heterocycles. The molecule has 0 spiro atoms. The third-order valence-corrected chi connectivity index (χ3v) is 5.58. The minimum atomic E-state index is -0.117. The molecule has 0 bridgehead atoms. The normalized spacial score (nSPS) is 16.7. The van der Waals surface area contributed by atoms with E-state index in [-0.39, 0.29) is 11.3 Å². The molecule has 1 amide bonds. The van der Waals surface area contributed by atoms with Gasteiger partial charge < -0.3 is 14.2 Å². The first-order valence-electron chi connectivity index (χ1n) is 8.35. The fourth-order valence-corrected chi connectivity index (χ4v) is 4.26. The van der Waals surface area contributed by atoms with Gasteiger partial charge in [-0.25, -0.2) is 0 Å². The maximum atomic E-state index is 13.0. The van der Waals surface area contributed by atoms with Crippen molar-refractivity contribution in [1.29, 1.82) is 0 Å². The number of benzene rings is 2. The number of aromatic nitrogens is 1. The molecule has 3 aromatic rings. The Hall–Kier alpha value is -2.73. The van der Waals surface area contributed by atoms with Gasteiger partial charge in [-0.2, -0.15) is 0 Å². The van der Waals surface area contributed by atoms with Gasteiger partial charge in [0.05, 0.1) is 7.11 Å². The minimum absolute atomic E-state index is 0.0468. The van der Waals surface area contributed by atoms with E-state index in [9.17, 15) is 4.79 Å². The molecule has 1 saturated heterocycles. The summed E-state index contributed by atoms with van der Waals surface area (Å²) in [6.07, 6.45) is 0. The molecule has 2 aromatic carbocycles. The lowest BCUT2D eigenvalue weighted by molar-refractivity contribution is 0.0750. The summed E-state index contributed by atoms with van der Waals surface area (Å²) in [5.41, 5.74) is 2.28. The summed E-state index contributed by atoms with van der Waals surface area (Å²) in [6, 6.07) is 19.2. The second-order valence-electron chi connectivity index (χ2n) is 5.94. The molecule has 1 aromatic heterocycles. The van der Waals surface area contributed by atoms with E-state index in [4.69, 9.17) is 9.26 Å². The number of ether oxygens (including phenoxy) is 1. The molecular formula is C20H18N2O3S. The predicted octanol–water partition coefficient (Wildman–Crippen LogP) is 4.24. The van der Waals surface area contributed by atoms with Crippen LogP contribution in [0, 0.1) is 0 Å². The highest BCUT2D eigenvalue weighted by Gasteiger charge is 2.33. The quantitative estimate of drug-likeness (QED) is 0.691. The lowest BCUT2D eigenvalue weighted by atomic mass is 10.1. The smallest absolute Gasteiger partial charge is 0.277 e. The molecule has 5 nitrogen and oxygen atoms in total. The monoisotopic (exact) mass is 366 g/mol. The zero-order chi connectivity index (χ0) is 17.9. The Morgan fingerprint density at radius 3 is 2.85 bits per heavy atom. The predicted molar refractivity (Wildman–Crippen MR) is 101 cm³/mol. The lowest BCUT2D eigenvalue weighted by Crippen LogP contribution is -2.30. The lowest BCUT2D eigenvalue weighted by Gasteiger charge is -2.23. The summed E-state index contributed by atoms with van der Waals surface area (Å²) < 4.78 is 10.7. The molecule has 1 fully saturated rings. The van der Waals surface area contributed by atoms with Crippen LogP contribution in [0.2, 0.25) is 0 Å². The Morgan fingerprint density at radius 2 is 2.04 bits per heavy atom. The number of hydrogen-bond acceptors (Lipinski definition) is 5. The summed E-state index contributed by atoms with van der Waals surface area (Å²) >= 11 is 1.74. The Morgan fingerprint density at radius 1 is 1.19 bits per heavy atom. The summed E-state index contributed by atoms with van der Waals surface area (Å²) in [5.74, 6) is 2.15. The maximum absolute atomic E-state index is 13.0. The molecule has 0 aliphatic carbocycles. The first-order chi connectivity index (χ1) is 12.8. The molecule has 4 rings (SSSR count). The van der Waals surface area contributed by atoms with Crippen molar-refractivity contribution in [3.8, 4) is 17.1 Å². The fourth-order valence-electron chi connectivity index (χ4n) is 3.01. The van der Waals surface area contributed by atoms with Gasteiger partial charge in [0, 0.05) is 23.9 Å². The average molecular weight is 366 g/mol. The van der Waals surface area contributed by atoms with E-state index in [1.54, 1.807) is 24.9 Å². The topological polar surface area (TPSA) is 55.6 Å². The molecule has 26 heavy (non-hydrogen) atoms. The van der Waals surface area contributed by atoms with Gasteiger partial charge in [-0.3, -0.25) is 4.79 Å². The highest BCUT2D eigenvalue weighted by molar-refractivity contribution is 7.99. The average Bonchev–Trinajstić information content (AvgIpc) is 3.38. The number of carbonyl (C=O) groups is 1. The molecule has 0 saturated carbocycles. The van der Waals surface area contributed by atoms with Crippen molar-refractivity contribution >= 4 is 17.7 Å². The summed E-state index contributed by atoms with van der Waals surface area (Å²) in [7, 11) is 1.64. The van der Waals surface area contributed by atoms with Crippen LogP contribution in [0.5, 0.6) is 5.75 Å².